The van der Waals surface area contributed by atoms with Gasteiger partial charge in [0.15, 0.2) is 11.5 Å². The van der Waals surface area contributed by atoms with E-state index in [0.717, 1.165) is 20.1 Å². The lowest BCUT2D eigenvalue weighted by atomic mass is 10.2. The maximum absolute atomic E-state index is 8.60. The fourth-order valence-corrected chi connectivity index (χ4v) is 2.68. The van der Waals surface area contributed by atoms with Gasteiger partial charge in [0, 0.05) is 10.5 Å². The van der Waals surface area contributed by atoms with E-state index < -0.39 is 0 Å². The van der Waals surface area contributed by atoms with Crippen LogP contribution in [-0.2, 0) is 6.61 Å². The number of benzene rings is 2. The van der Waals surface area contributed by atoms with Gasteiger partial charge in [0.1, 0.15) is 6.61 Å². The first kappa shape index (κ1) is 16.6. The highest BCUT2D eigenvalue weighted by Gasteiger charge is 2.11. The molecule has 0 saturated carbocycles. The molecule has 0 unspecified atom stereocenters. The Kier molecular flexibility index (Phi) is 6.05. The van der Waals surface area contributed by atoms with Crippen LogP contribution in [0.15, 0.2) is 51.4 Å². The van der Waals surface area contributed by atoms with Crippen LogP contribution < -0.4 is 9.47 Å². The Morgan fingerprint density at radius 1 is 1.18 bits per heavy atom. The van der Waals surface area contributed by atoms with E-state index in [1.54, 1.807) is 13.2 Å². The van der Waals surface area contributed by atoms with Crippen molar-refractivity contribution in [2.24, 2.45) is 0 Å². The molecule has 112 valence electrons. The largest absolute Gasteiger partial charge is 0.493 e. The number of halogens is 2. The molecule has 0 saturated heterocycles. The number of allylic oxidation sites excluding steroid dienone is 1. The highest BCUT2D eigenvalue weighted by atomic mass is 79.9. The summed E-state index contributed by atoms with van der Waals surface area (Å²) in [7, 11) is 1.59. The molecule has 0 N–H and O–H groups in total. The summed E-state index contributed by atoms with van der Waals surface area (Å²) in [6.45, 7) is 0.440. The zero-order valence-electron chi connectivity index (χ0n) is 11.8. The molecule has 5 heteroatoms. The predicted octanol–water partition coefficient (Wildman–Crippen LogP) is 5.34. The monoisotopic (exact) mass is 421 g/mol. The lowest BCUT2D eigenvalue weighted by Crippen LogP contribution is -1.99. The summed E-state index contributed by atoms with van der Waals surface area (Å²) < 4.78 is 13.1. The Morgan fingerprint density at radius 3 is 2.55 bits per heavy atom. The topological polar surface area (TPSA) is 42.2 Å². The first-order valence-corrected chi connectivity index (χ1v) is 8.03. The molecule has 2 aromatic rings. The molecule has 22 heavy (non-hydrogen) atoms. The molecule has 0 aromatic heterocycles. The lowest BCUT2D eigenvalue weighted by molar-refractivity contribution is 0.282. The van der Waals surface area contributed by atoms with E-state index in [-0.39, 0.29) is 0 Å². The Labute approximate surface area is 146 Å². The van der Waals surface area contributed by atoms with Crippen LogP contribution in [0.1, 0.15) is 11.1 Å². The molecule has 0 heterocycles. The van der Waals surface area contributed by atoms with Crippen molar-refractivity contribution in [3.05, 3.63) is 62.5 Å². The van der Waals surface area contributed by atoms with E-state index in [1.165, 1.54) is 6.08 Å². The van der Waals surface area contributed by atoms with Crippen molar-refractivity contribution in [3.63, 3.8) is 0 Å². The van der Waals surface area contributed by atoms with Gasteiger partial charge in [0.05, 0.1) is 17.7 Å². The van der Waals surface area contributed by atoms with Gasteiger partial charge in [-0.05, 0) is 57.4 Å². The Hall–Kier alpha value is -1.77. The molecule has 0 aliphatic carbocycles. The molecule has 3 nitrogen and oxygen atoms in total. The molecular formula is C17H13Br2NO2. The van der Waals surface area contributed by atoms with Gasteiger partial charge in [-0.2, -0.15) is 5.26 Å². The van der Waals surface area contributed by atoms with Crippen molar-refractivity contribution in [2.45, 2.75) is 6.61 Å². The SMILES string of the molecule is COc1cc(C=CC#N)cc(Br)c1OCc1ccc(Br)cc1. The van der Waals surface area contributed by atoms with Crippen molar-refractivity contribution in [2.75, 3.05) is 7.11 Å². The summed E-state index contributed by atoms with van der Waals surface area (Å²) in [4.78, 5) is 0. The molecule has 0 atom stereocenters. The predicted molar refractivity (Wildman–Crippen MR) is 93.8 cm³/mol. The quantitative estimate of drug-likeness (QED) is 0.611. The molecule has 0 amide bonds. The summed E-state index contributed by atoms with van der Waals surface area (Å²) in [5.74, 6) is 1.25. The third kappa shape index (κ3) is 4.36. The molecule has 0 spiro atoms. The molecule has 0 fully saturated rings. The third-order valence-electron chi connectivity index (χ3n) is 2.90. The lowest BCUT2D eigenvalue weighted by Gasteiger charge is -2.13. The number of nitriles is 1. The first-order chi connectivity index (χ1) is 10.6. The second kappa shape index (κ2) is 8.02. The van der Waals surface area contributed by atoms with Crippen LogP contribution in [0.25, 0.3) is 6.08 Å². The average molecular weight is 423 g/mol. The highest BCUT2D eigenvalue weighted by Crippen LogP contribution is 2.37. The minimum atomic E-state index is 0.440. The smallest absolute Gasteiger partial charge is 0.175 e. The average Bonchev–Trinajstić information content (AvgIpc) is 2.53. The Bertz CT molecular complexity index is 719. The van der Waals surface area contributed by atoms with E-state index in [2.05, 4.69) is 31.9 Å². The number of hydrogen-bond acceptors (Lipinski definition) is 3. The van der Waals surface area contributed by atoms with Gasteiger partial charge in [-0.1, -0.05) is 28.1 Å². The van der Waals surface area contributed by atoms with E-state index in [0.29, 0.717) is 18.1 Å². The van der Waals surface area contributed by atoms with Gasteiger partial charge in [0.25, 0.3) is 0 Å². The summed E-state index contributed by atoms with van der Waals surface area (Å²) >= 11 is 6.89. The van der Waals surface area contributed by atoms with Gasteiger partial charge in [-0.3, -0.25) is 0 Å². The van der Waals surface area contributed by atoms with Crippen molar-refractivity contribution in [1.29, 1.82) is 5.26 Å². The number of hydrogen-bond donors (Lipinski definition) is 0. The van der Waals surface area contributed by atoms with Crippen LogP contribution in [0.3, 0.4) is 0 Å². The summed E-state index contributed by atoms with van der Waals surface area (Å²) in [6.07, 6.45) is 3.13. The van der Waals surface area contributed by atoms with Crippen molar-refractivity contribution in [3.8, 4) is 17.6 Å². The summed E-state index contributed by atoms with van der Waals surface area (Å²) in [5.41, 5.74) is 1.92. The van der Waals surface area contributed by atoms with Crippen LogP contribution in [0.4, 0.5) is 0 Å². The van der Waals surface area contributed by atoms with E-state index in [1.807, 2.05) is 42.5 Å². The summed E-state index contributed by atoms with van der Waals surface area (Å²) in [5, 5.41) is 8.60. The zero-order valence-corrected chi connectivity index (χ0v) is 15.0. The minimum absolute atomic E-state index is 0.440. The summed E-state index contributed by atoms with van der Waals surface area (Å²) in [6, 6.07) is 13.6. The van der Waals surface area contributed by atoms with Gasteiger partial charge < -0.3 is 9.47 Å². The van der Waals surface area contributed by atoms with E-state index in [9.17, 15) is 0 Å². The second-order valence-electron chi connectivity index (χ2n) is 4.41. The maximum atomic E-state index is 8.60. The van der Waals surface area contributed by atoms with Gasteiger partial charge in [-0.25, -0.2) is 0 Å². The molecule has 2 aromatic carbocycles. The normalized spacial score (nSPS) is 10.5. The van der Waals surface area contributed by atoms with E-state index in [4.69, 9.17) is 14.7 Å². The van der Waals surface area contributed by atoms with Crippen molar-refractivity contribution < 1.29 is 9.47 Å². The third-order valence-corrected chi connectivity index (χ3v) is 4.02. The Balaban J connectivity index is 2.21. The number of ether oxygens (including phenoxy) is 2. The second-order valence-corrected chi connectivity index (χ2v) is 6.18. The minimum Gasteiger partial charge on any atom is -0.493 e. The van der Waals surface area contributed by atoms with Gasteiger partial charge >= 0.3 is 0 Å². The van der Waals surface area contributed by atoms with Crippen molar-refractivity contribution in [1.82, 2.24) is 0 Å². The van der Waals surface area contributed by atoms with Crippen LogP contribution in [-0.4, -0.2) is 7.11 Å². The molecule has 0 bridgehead atoms. The fourth-order valence-electron chi connectivity index (χ4n) is 1.85. The van der Waals surface area contributed by atoms with Crippen molar-refractivity contribution >= 4 is 37.9 Å². The maximum Gasteiger partial charge on any atom is 0.175 e. The number of rotatable bonds is 5. The number of methoxy groups -OCH3 is 1. The number of nitrogens with zero attached hydrogens (tertiary/aromatic N) is 1. The molecule has 0 aliphatic rings. The molecule has 0 radical (unpaired) electrons. The molecule has 2 rings (SSSR count). The Morgan fingerprint density at radius 2 is 1.91 bits per heavy atom. The van der Waals surface area contributed by atoms with Crippen LogP contribution in [0.2, 0.25) is 0 Å². The molecular weight excluding hydrogens is 410 g/mol. The van der Waals surface area contributed by atoms with E-state index >= 15 is 0 Å². The van der Waals surface area contributed by atoms with Crippen LogP contribution in [0.5, 0.6) is 11.5 Å². The fraction of sp³-hybridized carbons (Fsp3) is 0.118. The van der Waals surface area contributed by atoms with Crippen LogP contribution >= 0.6 is 31.9 Å². The van der Waals surface area contributed by atoms with Crippen LogP contribution in [0, 0.1) is 11.3 Å². The highest BCUT2D eigenvalue weighted by molar-refractivity contribution is 9.10. The first-order valence-electron chi connectivity index (χ1n) is 6.45. The van der Waals surface area contributed by atoms with Gasteiger partial charge in [0.2, 0.25) is 0 Å². The molecule has 0 aliphatic heterocycles. The standard InChI is InChI=1S/C17H13Br2NO2/c1-21-16-10-13(3-2-8-20)9-15(19)17(16)22-11-12-4-6-14(18)7-5-12/h2-7,9-10H,11H2,1H3. The van der Waals surface area contributed by atoms with Gasteiger partial charge in [-0.15, -0.1) is 0 Å². The zero-order chi connectivity index (χ0) is 15.9.